The predicted molar refractivity (Wildman–Crippen MR) is 53.3 cm³/mol. The lowest BCUT2D eigenvalue weighted by Gasteiger charge is -2.21. The van der Waals surface area contributed by atoms with Gasteiger partial charge < -0.3 is 27.6 Å². The number of halogens is 1. The van der Waals surface area contributed by atoms with E-state index in [0.29, 0.717) is 0 Å². The fourth-order valence-electron chi connectivity index (χ4n) is 2.23. The van der Waals surface area contributed by atoms with Crippen molar-refractivity contribution >= 4 is 5.69 Å². The van der Waals surface area contributed by atoms with Gasteiger partial charge in [0.1, 0.15) is 0 Å². The van der Waals surface area contributed by atoms with E-state index >= 15 is 0 Å². The largest absolute Gasteiger partial charge is 1.00 e. The zero-order valence-corrected chi connectivity index (χ0v) is 9.09. The highest BCUT2D eigenvalue weighted by Crippen LogP contribution is 2.46. The third-order valence-corrected chi connectivity index (χ3v) is 2.93. The predicted octanol–water partition coefficient (Wildman–Crippen LogP) is -0.686. The second kappa shape index (κ2) is 3.49. The van der Waals surface area contributed by atoms with Crippen molar-refractivity contribution < 1.29 is 21.9 Å². The van der Waals surface area contributed by atoms with Crippen LogP contribution in [0.25, 0.3) is 0 Å². The topological polar surface area (TPSA) is 44.5 Å². The van der Waals surface area contributed by atoms with Crippen molar-refractivity contribution in [1.29, 1.82) is 0 Å². The molecule has 0 unspecified atom stereocenters. The number of hydrogen-bond acceptors (Lipinski definition) is 3. The molecule has 0 atom stereocenters. The Morgan fingerprint density at radius 3 is 2.47 bits per heavy atom. The van der Waals surface area contributed by atoms with Gasteiger partial charge in [0.15, 0.2) is 11.5 Å². The zero-order valence-electron chi connectivity index (χ0n) is 8.33. The molecule has 1 heterocycles. The summed E-state index contributed by atoms with van der Waals surface area (Å²) in [5.74, 6) is 1.27. The summed E-state index contributed by atoms with van der Waals surface area (Å²) in [6, 6.07) is 5.57. The summed E-state index contributed by atoms with van der Waals surface area (Å²) in [5.41, 5.74) is 6.41. The highest BCUT2D eigenvalue weighted by molar-refractivity contribution is 5.53. The molecule has 1 aromatic rings. The Morgan fingerprint density at radius 2 is 1.73 bits per heavy atom. The minimum Gasteiger partial charge on any atom is -1.00 e. The van der Waals surface area contributed by atoms with E-state index in [-0.39, 0.29) is 18.2 Å². The monoisotopic (exact) mass is 226 g/mol. The average molecular weight is 227 g/mol. The molecule has 2 N–H and O–H groups in total. The van der Waals surface area contributed by atoms with Crippen molar-refractivity contribution in [3.63, 3.8) is 0 Å². The Morgan fingerprint density at radius 1 is 1.07 bits per heavy atom. The first kappa shape index (κ1) is 10.4. The number of benzene rings is 1. The lowest BCUT2D eigenvalue weighted by Crippen LogP contribution is -3.00. The molecule has 3 rings (SSSR count). The molecule has 0 amide bonds. The Bertz CT molecular complexity index is 375. The smallest absolute Gasteiger partial charge is 0.251 e. The molecular formula is C11H13ClNO2-. The maximum absolute atomic E-state index is 5.83. The highest BCUT2D eigenvalue weighted by atomic mass is 35.5. The molecule has 82 valence electrons. The van der Waals surface area contributed by atoms with Crippen molar-refractivity contribution in [1.82, 2.24) is 0 Å². The quantitative estimate of drug-likeness (QED) is 0.596. The second-order valence-electron chi connectivity index (χ2n) is 4.03. The van der Waals surface area contributed by atoms with E-state index in [2.05, 4.69) is 0 Å². The third kappa shape index (κ3) is 1.61. The van der Waals surface area contributed by atoms with Crippen LogP contribution in [-0.4, -0.2) is 5.79 Å². The van der Waals surface area contributed by atoms with Crippen LogP contribution in [0.1, 0.15) is 25.7 Å². The Labute approximate surface area is 95.0 Å². The Balaban J connectivity index is 0.000000853. The van der Waals surface area contributed by atoms with Gasteiger partial charge in [-0.25, -0.2) is 0 Å². The van der Waals surface area contributed by atoms with Gasteiger partial charge in [-0.2, -0.15) is 0 Å². The average Bonchev–Trinajstić information content (AvgIpc) is 2.72. The van der Waals surface area contributed by atoms with E-state index in [1.54, 1.807) is 0 Å². The van der Waals surface area contributed by atoms with Crippen LogP contribution in [-0.2, 0) is 0 Å². The molecule has 0 aromatic heterocycles. The number of hydrogen-bond donors (Lipinski definition) is 1. The zero-order chi connectivity index (χ0) is 9.60. The maximum atomic E-state index is 5.83. The molecule has 1 aliphatic carbocycles. The molecule has 3 nitrogen and oxygen atoms in total. The SMILES string of the molecule is Nc1ccc2c(c1)OC1(CCCC1)O2.[Cl-]. The van der Waals surface area contributed by atoms with Crippen molar-refractivity contribution in [3.05, 3.63) is 18.2 Å². The van der Waals surface area contributed by atoms with Crippen molar-refractivity contribution in [2.24, 2.45) is 0 Å². The van der Waals surface area contributed by atoms with Gasteiger partial charge in [-0.3, -0.25) is 0 Å². The summed E-state index contributed by atoms with van der Waals surface area (Å²) in [7, 11) is 0. The van der Waals surface area contributed by atoms with Crippen LogP contribution in [0, 0.1) is 0 Å². The highest BCUT2D eigenvalue weighted by Gasteiger charge is 2.43. The molecule has 1 spiro atoms. The summed E-state index contributed by atoms with van der Waals surface area (Å²) >= 11 is 0. The van der Waals surface area contributed by atoms with Gasteiger partial charge in [-0.1, -0.05) is 0 Å². The molecular weight excluding hydrogens is 214 g/mol. The first-order valence-corrected chi connectivity index (χ1v) is 5.05. The number of nitrogen functional groups attached to an aromatic ring is 1. The van der Waals surface area contributed by atoms with Crippen LogP contribution < -0.4 is 27.6 Å². The third-order valence-electron chi connectivity index (χ3n) is 2.93. The summed E-state index contributed by atoms with van der Waals surface area (Å²) in [6.45, 7) is 0. The molecule has 2 aliphatic rings. The van der Waals surface area contributed by atoms with Crippen molar-refractivity contribution in [2.45, 2.75) is 31.5 Å². The molecule has 15 heavy (non-hydrogen) atoms. The van der Waals surface area contributed by atoms with E-state index in [9.17, 15) is 0 Å². The lowest BCUT2D eigenvalue weighted by molar-refractivity contribution is -0.0716. The van der Waals surface area contributed by atoms with Crippen LogP contribution in [0.5, 0.6) is 11.5 Å². The summed E-state index contributed by atoms with van der Waals surface area (Å²) in [6.07, 6.45) is 4.34. The molecule has 4 heteroatoms. The van der Waals surface area contributed by atoms with Gasteiger partial charge in [0.2, 0.25) is 0 Å². The van der Waals surface area contributed by atoms with Crippen LogP contribution in [0.15, 0.2) is 18.2 Å². The fraction of sp³-hybridized carbons (Fsp3) is 0.455. The summed E-state index contributed by atoms with van der Waals surface area (Å²) < 4.78 is 11.7. The molecule has 0 bridgehead atoms. The van der Waals surface area contributed by atoms with E-state index in [1.165, 1.54) is 12.8 Å². The fourth-order valence-corrected chi connectivity index (χ4v) is 2.23. The molecule has 1 aliphatic heterocycles. The maximum Gasteiger partial charge on any atom is 0.251 e. The molecule has 0 radical (unpaired) electrons. The van der Waals surface area contributed by atoms with Gasteiger partial charge in [-0.05, 0) is 25.0 Å². The number of fused-ring (bicyclic) bond motifs is 1. The number of rotatable bonds is 0. The van der Waals surface area contributed by atoms with Gasteiger partial charge in [0.25, 0.3) is 5.79 Å². The lowest BCUT2D eigenvalue weighted by atomic mass is 10.2. The van der Waals surface area contributed by atoms with Crippen LogP contribution in [0.2, 0.25) is 0 Å². The summed E-state index contributed by atoms with van der Waals surface area (Å²) in [4.78, 5) is 0. The first-order valence-electron chi connectivity index (χ1n) is 5.05. The molecule has 1 saturated carbocycles. The van der Waals surface area contributed by atoms with E-state index in [1.807, 2.05) is 18.2 Å². The van der Waals surface area contributed by atoms with Crippen LogP contribution in [0.4, 0.5) is 5.69 Å². The van der Waals surface area contributed by atoms with Crippen LogP contribution >= 0.6 is 0 Å². The van der Waals surface area contributed by atoms with Crippen molar-refractivity contribution in [3.8, 4) is 11.5 Å². The minimum atomic E-state index is -0.365. The number of ether oxygens (including phenoxy) is 2. The van der Waals surface area contributed by atoms with Gasteiger partial charge in [0.05, 0.1) is 0 Å². The second-order valence-corrected chi connectivity index (χ2v) is 4.03. The van der Waals surface area contributed by atoms with E-state index in [0.717, 1.165) is 30.0 Å². The summed E-state index contributed by atoms with van der Waals surface area (Å²) in [5, 5.41) is 0. The molecule has 0 saturated heterocycles. The van der Waals surface area contributed by atoms with Crippen molar-refractivity contribution in [2.75, 3.05) is 5.73 Å². The standard InChI is InChI=1S/C11H13NO2.ClH/c12-8-3-4-9-10(7-8)14-11(13-9)5-1-2-6-11;/h3-4,7H,1-2,5-6,12H2;1H/p-1. The van der Waals surface area contributed by atoms with Gasteiger partial charge >= 0.3 is 0 Å². The normalized spacial score (nSPS) is 20.3. The molecule has 1 fully saturated rings. The van der Waals surface area contributed by atoms with E-state index < -0.39 is 0 Å². The van der Waals surface area contributed by atoms with Gasteiger partial charge in [-0.15, -0.1) is 0 Å². The number of anilines is 1. The number of nitrogens with two attached hydrogens (primary N) is 1. The van der Waals surface area contributed by atoms with E-state index in [4.69, 9.17) is 15.2 Å². The Kier molecular flexibility index (Phi) is 2.43. The first-order chi connectivity index (χ1) is 6.77. The van der Waals surface area contributed by atoms with Gasteiger partial charge in [0, 0.05) is 24.6 Å². The molecule has 1 aromatic carbocycles. The minimum absolute atomic E-state index is 0. The Hall–Kier alpha value is -1.09. The van der Waals surface area contributed by atoms with Crippen LogP contribution in [0.3, 0.4) is 0 Å².